The van der Waals surface area contributed by atoms with E-state index in [2.05, 4.69) is 10.3 Å². The summed E-state index contributed by atoms with van der Waals surface area (Å²) in [6, 6.07) is 1.93. The largest absolute Gasteiger partial charge is 0.319 e. The van der Waals surface area contributed by atoms with Crippen LogP contribution in [-0.2, 0) is 9.59 Å². The van der Waals surface area contributed by atoms with Gasteiger partial charge >= 0.3 is 0 Å². The van der Waals surface area contributed by atoms with Gasteiger partial charge in [-0.2, -0.15) is 11.3 Å². The number of imide groups is 1. The average molecular weight is 307 g/mol. The Hall–Kier alpha value is -2.06. The highest BCUT2D eigenvalue weighted by Gasteiger charge is 2.28. The molecule has 0 saturated carbocycles. The van der Waals surface area contributed by atoms with Gasteiger partial charge in [0.1, 0.15) is 23.8 Å². The van der Waals surface area contributed by atoms with Gasteiger partial charge < -0.3 is 4.90 Å². The van der Waals surface area contributed by atoms with Gasteiger partial charge in [0.2, 0.25) is 11.8 Å². The van der Waals surface area contributed by atoms with Gasteiger partial charge in [-0.1, -0.05) is 0 Å². The quantitative estimate of drug-likeness (QED) is 0.839. The highest BCUT2D eigenvalue weighted by atomic mass is 32.1. The molecule has 8 heteroatoms. The van der Waals surface area contributed by atoms with Gasteiger partial charge in [-0.25, -0.2) is 4.98 Å². The van der Waals surface area contributed by atoms with Gasteiger partial charge in [0.05, 0.1) is 0 Å². The second-order valence-corrected chi connectivity index (χ2v) is 5.82. The van der Waals surface area contributed by atoms with Crippen molar-refractivity contribution in [3.8, 4) is 10.6 Å². The Morgan fingerprint density at radius 3 is 2.65 bits per heavy atom. The molecule has 0 radical (unpaired) electrons. The lowest BCUT2D eigenvalue weighted by molar-refractivity contribution is -0.135. The van der Waals surface area contributed by atoms with E-state index in [0.29, 0.717) is 0 Å². The summed E-state index contributed by atoms with van der Waals surface area (Å²) >= 11 is 2.92. The lowest BCUT2D eigenvalue weighted by Crippen LogP contribution is -2.53. The number of rotatable bonds is 2. The molecule has 1 fully saturated rings. The number of nitrogens with one attached hydrogen (secondary N) is 1. The van der Waals surface area contributed by atoms with Crippen LogP contribution >= 0.6 is 22.7 Å². The van der Waals surface area contributed by atoms with Gasteiger partial charge in [-0.15, -0.1) is 11.3 Å². The Kier molecular flexibility index (Phi) is 3.33. The normalized spacial score (nSPS) is 15.3. The van der Waals surface area contributed by atoms with Crippen molar-refractivity contribution in [2.75, 3.05) is 13.1 Å². The third-order valence-corrected chi connectivity index (χ3v) is 4.30. The molecule has 1 aliphatic rings. The zero-order valence-corrected chi connectivity index (χ0v) is 11.8. The molecule has 2 aromatic rings. The molecule has 2 aromatic heterocycles. The first-order valence-corrected chi connectivity index (χ1v) is 7.56. The second kappa shape index (κ2) is 5.14. The lowest BCUT2D eigenvalue weighted by Gasteiger charge is -2.24. The first kappa shape index (κ1) is 12.9. The van der Waals surface area contributed by atoms with Gasteiger partial charge in [0.15, 0.2) is 0 Å². The standard InChI is InChI=1S/C12H9N3O3S2/c16-9-3-15(4-10(17)14-9)12(18)8-6-20-11(13-8)7-1-2-19-5-7/h1-2,5-6H,3-4H2,(H,14,16,17). The van der Waals surface area contributed by atoms with Crippen LogP contribution in [0.5, 0.6) is 0 Å². The summed E-state index contributed by atoms with van der Waals surface area (Å²) in [6.07, 6.45) is 0. The Labute approximate surface area is 122 Å². The van der Waals surface area contributed by atoms with Crippen LogP contribution in [0.15, 0.2) is 22.2 Å². The fourth-order valence-corrected chi connectivity index (χ4v) is 3.34. The van der Waals surface area contributed by atoms with Crippen LogP contribution in [0.4, 0.5) is 0 Å². The summed E-state index contributed by atoms with van der Waals surface area (Å²) in [4.78, 5) is 40.2. The second-order valence-electron chi connectivity index (χ2n) is 4.18. The van der Waals surface area contributed by atoms with E-state index >= 15 is 0 Å². The molecule has 3 heterocycles. The van der Waals surface area contributed by atoms with Crippen LogP contribution in [0.25, 0.3) is 10.6 Å². The van der Waals surface area contributed by atoms with Crippen molar-refractivity contribution in [1.82, 2.24) is 15.2 Å². The van der Waals surface area contributed by atoms with Crippen LogP contribution in [0.1, 0.15) is 10.5 Å². The number of piperazine rings is 1. The van der Waals surface area contributed by atoms with Crippen LogP contribution in [-0.4, -0.2) is 40.7 Å². The molecule has 102 valence electrons. The van der Waals surface area contributed by atoms with E-state index in [4.69, 9.17) is 0 Å². The number of thiazole rings is 1. The number of carbonyl (C=O) groups excluding carboxylic acids is 3. The smallest absolute Gasteiger partial charge is 0.274 e. The summed E-state index contributed by atoms with van der Waals surface area (Å²) in [5.41, 5.74) is 1.23. The highest BCUT2D eigenvalue weighted by Crippen LogP contribution is 2.26. The number of amides is 3. The van der Waals surface area contributed by atoms with Gasteiger partial charge in [-0.3, -0.25) is 19.7 Å². The number of thiophene rings is 1. The van der Waals surface area contributed by atoms with Crippen LogP contribution in [0, 0.1) is 0 Å². The Morgan fingerprint density at radius 1 is 1.25 bits per heavy atom. The van der Waals surface area contributed by atoms with Crippen molar-refractivity contribution in [3.63, 3.8) is 0 Å². The molecule has 0 unspecified atom stereocenters. The van der Waals surface area contributed by atoms with Gasteiger partial charge in [0.25, 0.3) is 5.91 Å². The summed E-state index contributed by atoms with van der Waals surface area (Å²) in [7, 11) is 0. The number of carbonyl (C=O) groups is 3. The van der Waals surface area contributed by atoms with E-state index in [1.807, 2.05) is 16.8 Å². The Bertz CT molecular complexity index is 662. The average Bonchev–Trinajstić information content (AvgIpc) is 3.07. The van der Waals surface area contributed by atoms with Crippen molar-refractivity contribution in [1.29, 1.82) is 0 Å². The predicted octanol–water partition coefficient (Wildman–Crippen LogP) is 0.970. The number of aromatic nitrogens is 1. The molecule has 0 bridgehead atoms. The van der Waals surface area contributed by atoms with E-state index < -0.39 is 17.7 Å². The Balaban J connectivity index is 1.81. The number of nitrogens with zero attached hydrogens (tertiary/aromatic N) is 2. The summed E-state index contributed by atoms with van der Waals surface area (Å²) in [6.45, 7) is -0.230. The van der Waals surface area contributed by atoms with Crippen LogP contribution in [0.2, 0.25) is 0 Å². The SMILES string of the molecule is O=C1CN(C(=O)c2csc(-c3ccsc3)n2)CC(=O)N1. The maximum atomic E-state index is 12.2. The molecule has 20 heavy (non-hydrogen) atoms. The first-order valence-electron chi connectivity index (χ1n) is 5.73. The number of hydrogen-bond donors (Lipinski definition) is 1. The molecule has 1 aliphatic heterocycles. The maximum Gasteiger partial charge on any atom is 0.274 e. The molecule has 0 spiro atoms. The molecule has 1 N–H and O–H groups in total. The van der Waals surface area contributed by atoms with E-state index in [9.17, 15) is 14.4 Å². The predicted molar refractivity (Wildman–Crippen MR) is 74.5 cm³/mol. The minimum atomic E-state index is -0.470. The molecule has 3 amide bonds. The van der Waals surface area contributed by atoms with E-state index in [0.717, 1.165) is 10.6 Å². The fraction of sp³-hybridized carbons (Fsp3) is 0.167. The monoisotopic (exact) mass is 307 g/mol. The van der Waals surface area contributed by atoms with Gasteiger partial charge in [-0.05, 0) is 11.4 Å². The van der Waals surface area contributed by atoms with E-state index in [1.165, 1.54) is 16.2 Å². The lowest BCUT2D eigenvalue weighted by atomic mass is 10.3. The molecule has 1 saturated heterocycles. The minimum absolute atomic E-state index is 0.115. The van der Waals surface area contributed by atoms with E-state index in [-0.39, 0.29) is 18.8 Å². The maximum absolute atomic E-state index is 12.2. The third-order valence-electron chi connectivity index (χ3n) is 2.73. The first-order chi connectivity index (χ1) is 9.63. The van der Waals surface area contributed by atoms with Crippen molar-refractivity contribution in [3.05, 3.63) is 27.9 Å². The molecule has 0 aromatic carbocycles. The zero-order chi connectivity index (χ0) is 14.1. The van der Waals surface area contributed by atoms with Crippen molar-refractivity contribution in [2.24, 2.45) is 0 Å². The van der Waals surface area contributed by atoms with Crippen LogP contribution in [0.3, 0.4) is 0 Å². The molecular weight excluding hydrogens is 298 g/mol. The fourth-order valence-electron chi connectivity index (χ4n) is 1.83. The van der Waals surface area contributed by atoms with E-state index in [1.54, 1.807) is 16.7 Å². The molecular formula is C12H9N3O3S2. The minimum Gasteiger partial charge on any atom is -0.319 e. The highest BCUT2D eigenvalue weighted by molar-refractivity contribution is 7.14. The van der Waals surface area contributed by atoms with Gasteiger partial charge in [0, 0.05) is 16.3 Å². The topological polar surface area (TPSA) is 79.4 Å². The molecule has 6 nitrogen and oxygen atoms in total. The van der Waals surface area contributed by atoms with Crippen molar-refractivity contribution < 1.29 is 14.4 Å². The molecule has 0 aliphatic carbocycles. The number of hydrogen-bond acceptors (Lipinski definition) is 6. The Morgan fingerprint density at radius 2 is 2.00 bits per heavy atom. The summed E-state index contributed by atoms with van der Waals surface area (Å²) < 4.78 is 0. The third kappa shape index (κ3) is 2.47. The molecule has 3 rings (SSSR count). The molecule has 0 atom stereocenters. The van der Waals surface area contributed by atoms with Crippen molar-refractivity contribution in [2.45, 2.75) is 0 Å². The van der Waals surface area contributed by atoms with Crippen LogP contribution < -0.4 is 5.32 Å². The zero-order valence-electron chi connectivity index (χ0n) is 10.2. The summed E-state index contributed by atoms with van der Waals surface area (Å²) in [5.74, 6) is -1.34. The van der Waals surface area contributed by atoms with Crippen molar-refractivity contribution >= 4 is 40.4 Å². The summed E-state index contributed by atoms with van der Waals surface area (Å²) in [5, 5.41) is 8.44.